The molecule has 2 aromatic carbocycles. The van der Waals surface area contributed by atoms with Crippen molar-refractivity contribution in [3.8, 4) is 0 Å². The molecule has 10 heteroatoms. The minimum atomic E-state index is -3.77. The van der Waals surface area contributed by atoms with Crippen molar-refractivity contribution in [2.75, 3.05) is 35.4 Å². The molecule has 1 fully saturated rings. The Labute approximate surface area is 169 Å². The van der Waals surface area contributed by atoms with Crippen LogP contribution < -0.4 is 19.2 Å². The molecule has 6 nitrogen and oxygen atoms in total. The van der Waals surface area contributed by atoms with Gasteiger partial charge in [0.1, 0.15) is 0 Å². The molecule has 2 aliphatic heterocycles. The average Bonchev–Trinajstić information content (AvgIpc) is 2.67. The van der Waals surface area contributed by atoms with E-state index in [0.29, 0.717) is 11.3 Å². The first-order valence-electron chi connectivity index (χ1n) is 8.74. The lowest BCUT2D eigenvalue weighted by Gasteiger charge is -2.36. The Hall–Kier alpha value is -1.94. The zero-order chi connectivity index (χ0) is 19.0. The minimum absolute atomic E-state index is 0. The fourth-order valence-corrected chi connectivity index (χ4v) is 4.76. The van der Waals surface area contributed by atoms with Gasteiger partial charge in [-0.2, -0.15) is 13.1 Å². The van der Waals surface area contributed by atoms with Crippen LogP contribution in [0.4, 0.5) is 20.2 Å². The fourth-order valence-electron chi connectivity index (χ4n) is 3.52. The van der Waals surface area contributed by atoms with Crippen molar-refractivity contribution in [1.29, 1.82) is 0 Å². The SMILES string of the molecule is Cl.O=S1(=O)NCc2c(N3CCNCC3)cccc2N1Cc1ccc(F)c(F)c1. The molecule has 0 aromatic heterocycles. The molecule has 2 aromatic rings. The van der Waals surface area contributed by atoms with Gasteiger partial charge in [0.25, 0.3) is 0 Å². The number of nitrogens with one attached hydrogen (secondary N) is 2. The van der Waals surface area contributed by atoms with Crippen LogP contribution in [0.5, 0.6) is 0 Å². The van der Waals surface area contributed by atoms with Crippen LogP contribution in [0.1, 0.15) is 11.1 Å². The summed E-state index contributed by atoms with van der Waals surface area (Å²) in [5, 5.41) is 3.30. The second-order valence-corrected chi connectivity index (χ2v) is 8.27. The number of nitrogens with zero attached hydrogens (tertiary/aromatic N) is 2. The number of benzene rings is 2. The molecule has 0 unspecified atom stereocenters. The van der Waals surface area contributed by atoms with Crippen molar-refractivity contribution in [1.82, 2.24) is 10.0 Å². The van der Waals surface area contributed by atoms with Gasteiger partial charge >= 0.3 is 10.2 Å². The van der Waals surface area contributed by atoms with Crippen LogP contribution in [0.15, 0.2) is 36.4 Å². The molecule has 2 heterocycles. The van der Waals surface area contributed by atoms with Crippen molar-refractivity contribution in [2.24, 2.45) is 0 Å². The van der Waals surface area contributed by atoms with Crippen molar-refractivity contribution < 1.29 is 17.2 Å². The van der Waals surface area contributed by atoms with E-state index in [0.717, 1.165) is 49.6 Å². The molecule has 0 aliphatic carbocycles. The summed E-state index contributed by atoms with van der Waals surface area (Å²) in [4.78, 5) is 2.23. The highest BCUT2D eigenvalue weighted by atomic mass is 35.5. The summed E-state index contributed by atoms with van der Waals surface area (Å²) >= 11 is 0. The number of piperazine rings is 1. The van der Waals surface area contributed by atoms with Gasteiger partial charge in [0.05, 0.1) is 12.2 Å². The Kier molecular flexibility index (Phi) is 6.09. The molecule has 0 amide bonds. The van der Waals surface area contributed by atoms with E-state index in [9.17, 15) is 17.2 Å². The highest BCUT2D eigenvalue weighted by Gasteiger charge is 2.32. The second-order valence-electron chi connectivity index (χ2n) is 6.59. The summed E-state index contributed by atoms with van der Waals surface area (Å²) in [7, 11) is -3.77. The first-order chi connectivity index (χ1) is 13.0. The number of rotatable bonds is 3. The van der Waals surface area contributed by atoms with E-state index < -0.39 is 21.8 Å². The standard InChI is InChI=1S/C18H20F2N4O2S.ClH/c19-15-5-4-13(10-16(15)20)12-24-18-3-1-2-17(23-8-6-21-7-9-23)14(18)11-22-27(24,25)26;/h1-5,10,21-22H,6-9,11-12H2;1H. The van der Waals surface area contributed by atoms with Crippen molar-refractivity contribution in [2.45, 2.75) is 13.1 Å². The van der Waals surface area contributed by atoms with E-state index in [2.05, 4.69) is 14.9 Å². The lowest BCUT2D eigenvalue weighted by molar-refractivity contribution is 0.507. The monoisotopic (exact) mass is 430 g/mol. The summed E-state index contributed by atoms with van der Waals surface area (Å²) in [5.41, 5.74) is 2.82. The molecule has 1 saturated heterocycles. The van der Waals surface area contributed by atoms with Crippen LogP contribution in [0, 0.1) is 11.6 Å². The maximum Gasteiger partial charge on any atom is 0.302 e. The predicted molar refractivity (Wildman–Crippen MR) is 107 cm³/mol. The average molecular weight is 431 g/mol. The Morgan fingerprint density at radius 3 is 2.43 bits per heavy atom. The fraction of sp³-hybridized carbons (Fsp3) is 0.333. The summed E-state index contributed by atoms with van der Waals surface area (Å²) in [6, 6.07) is 8.99. The second kappa shape index (κ2) is 8.20. The smallest absolute Gasteiger partial charge is 0.302 e. The summed E-state index contributed by atoms with van der Waals surface area (Å²) in [5.74, 6) is -1.95. The summed E-state index contributed by atoms with van der Waals surface area (Å²) in [6.07, 6.45) is 0. The minimum Gasteiger partial charge on any atom is -0.369 e. The molecule has 28 heavy (non-hydrogen) atoms. The van der Waals surface area contributed by atoms with Crippen LogP contribution in [0.3, 0.4) is 0 Å². The van der Waals surface area contributed by atoms with Crippen molar-refractivity contribution in [3.05, 3.63) is 59.2 Å². The number of hydrogen-bond donors (Lipinski definition) is 2. The van der Waals surface area contributed by atoms with Gasteiger partial charge < -0.3 is 10.2 Å². The van der Waals surface area contributed by atoms with Gasteiger partial charge in [-0.25, -0.2) is 8.78 Å². The Morgan fingerprint density at radius 1 is 1.00 bits per heavy atom. The lowest BCUT2D eigenvalue weighted by Crippen LogP contribution is -2.47. The Bertz CT molecular complexity index is 968. The van der Waals surface area contributed by atoms with E-state index >= 15 is 0 Å². The topological polar surface area (TPSA) is 64.7 Å². The van der Waals surface area contributed by atoms with Gasteiger partial charge in [-0.1, -0.05) is 12.1 Å². The largest absolute Gasteiger partial charge is 0.369 e. The van der Waals surface area contributed by atoms with Gasteiger partial charge in [0, 0.05) is 44.0 Å². The molecule has 0 spiro atoms. The zero-order valence-corrected chi connectivity index (χ0v) is 16.6. The Morgan fingerprint density at radius 2 is 1.71 bits per heavy atom. The third kappa shape index (κ3) is 3.93. The van der Waals surface area contributed by atoms with Crippen LogP contribution in [-0.4, -0.2) is 34.6 Å². The molecule has 2 aliphatic rings. The van der Waals surface area contributed by atoms with E-state index in [1.54, 1.807) is 6.07 Å². The van der Waals surface area contributed by atoms with Crippen LogP contribution >= 0.6 is 12.4 Å². The van der Waals surface area contributed by atoms with Crippen LogP contribution in [-0.2, 0) is 23.3 Å². The summed E-state index contributed by atoms with van der Waals surface area (Å²) < 4.78 is 55.8. The first kappa shape index (κ1) is 20.8. The number of hydrogen-bond acceptors (Lipinski definition) is 4. The van der Waals surface area contributed by atoms with Gasteiger partial charge in [0.15, 0.2) is 11.6 Å². The van der Waals surface area contributed by atoms with E-state index in [-0.39, 0.29) is 25.5 Å². The molecule has 2 N–H and O–H groups in total. The van der Waals surface area contributed by atoms with Crippen molar-refractivity contribution in [3.63, 3.8) is 0 Å². The quantitative estimate of drug-likeness (QED) is 0.783. The molecule has 152 valence electrons. The molecule has 4 rings (SSSR count). The van der Waals surface area contributed by atoms with Crippen molar-refractivity contribution >= 4 is 34.0 Å². The molecular weight excluding hydrogens is 410 g/mol. The van der Waals surface area contributed by atoms with E-state index in [1.165, 1.54) is 10.4 Å². The number of fused-ring (bicyclic) bond motifs is 1. The molecule has 0 saturated carbocycles. The van der Waals surface area contributed by atoms with Gasteiger partial charge in [-0.3, -0.25) is 4.31 Å². The molecular formula is C18H21ClF2N4O2S. The molecule has 0 radical (unpaired) electrons. The Balaban J connectivity index is 0.00000225. The normalized spacial score (nSPS) is 18.4. The maximum atomic E-state index is 13.6. The van der Waals surface area contributed by atoms with Crippen LogP contribution in [0.25, 0.3) is 0 Å². The van der Waals surface area contributed by atoms with E-state index in [4.69, 9.17) is 0 Å². The highest BCUT2D eigenvalue weighted by molar-refractivity contribution is 7.90. The maximum absolute atomic E-state index is 13.6. The third-order valence-electron chi connectivity index (χ3n) is 4.88. The van der Waals surface area contributed by atoms with Gasteiger partial charge in [-0.15, -0.1) is 12.4 Å². The lowest BCUT2D eigenvalue weighted by atomic mass is 10.1. The molecule has 0 atom stereocenters. The van der Waals surface area contributed by atoms with E-state index in [1.807, 2.05) is 12.1 Å². The first-order valence-corrected chi connectivity index (χ1v) is 10.2. The van der Waals surface area contributed by atoms with Crippen LogP contribution in [0.2, 0.25) is 0 Å². The van der Waals surface area contributed by atoms with Gasteiger partial charge in [-0.05, 0) is 29.8 Å². The highest BCUT2D eigenvalue weighted by Crippen LogP contribution is 2.35. The van der Waals surface area contributed by atoms with Gasteiger partial charge in [0.2, 0.25) is 0 Å². The summed E-state index contributed by atoms with van der Waals surface area (Å²) in [6.45, 7) is 3.54. The molecule has 0 bridgehead atoms. The number of halogens is 3. The third-order valence-corrected chi connectivity index (χ3v) is 6.30. The predicted octanol–water partition coefficient (Wildman–Crippen LogP) is 2.15. The number of anilines is 2. The zero-order valence-electron chi connectivity index (χ0n) is 15.0.